The average Bonchev–Trinajstić information content (AvgIpc) is 2.99. The molecule has 6 heteroatoms. The highest BCUT2D eigenvalue weighted by Gasteiger charge is 2.42. The Morgan fingerprint density at radius 1 is 0.929 bits per heavy atom. The van der Waals surface area contributed by atoms with E-state index in [-0.39, 0.29) is 17.0 Å². The molecule has 0 radical (unpaired) electrons. The molecule has 3 aromatic rings. The molecule has 2 atom stereocenters. The van der Waals surface area contributed by atoms with E-state index in [1.165, 1.54) is 15.8 Å². The fourth-order valence-corrected chi connectivity index (χ4v) is 5.76. The maximum Gasteiger partial charge on any atom is 0.241 e. The first-order chi connectivity index (χ1) is 13.5. The van der Waals surface area contributed by atoms with E-state index in [0.717, 1.165) is 24.0 Å². The second-order valence-corrected chi connectivity index (χ2v) is 9.34. The Labute approximate surface area is 171 Å². The van der Waals surface area contributed by atoms with Crippen LogP contribution in [-0.4, -0.2) is 21.5 Å². The van der Waals surface area contributed by atoms with Crippen molar-refractivity contribution in [2.75, 3.05) is 13.1 Å². The van der Waals surface area contributed by atoms with Crippen LogP contribution in [0, 0.1) is 0 Å². The van der Waals surface area contributed by atoms with Crippen LogP contribution >= 0.6 is 11.6 Å². The maximum atomic E-state index is 13.2. The van der Waals surface area contributed by atoms with Crippen molar-refractivity contribution in [1.82, 2.24) is 4.72 Å². The van der Waals surface area contributed by atoms with Crippen LogP contribution < -0.4 is 9.62 Å². The number of nitrogens with one attached hydrogen (secondary N) is 2. The van der Waals surface area contributed by atoms with E-state index in [2.05, 4.69) is 42.8 Å². The molecule has 0 fully saturated rings. The van der Waals surface area contributed by atoms with Crippen LogP contribution in [0.25, 0.3) is 10.8 Å². The summed E-state index contributed by atoms with van der Waals surface area (Å²) in [7, 11) is -3.68. The number of sulfonamides is 1. The van der Waals surface area contributed by atoms with Gasteiger partial charge in [-0.3, -0.25) is 0 Å². The highest BCUT2D eigenvalue weighted by atomic mass is 35.5. The van der Waals surface area contributed by atoms with E-state index in [4.69, 9.17) is 11.6 Å². The lowest BCUT2D eigenvalue weighted by molar-refractivity contribution is -0.930. The van der Waals surface area contributed by atoms with Gasteiger partial charge in [0.2, 0.25) is 10.0 Å². The van der Waals surface area contributed by atoms with Crippen LogP contribution in [0.3, 0.4) is 0 Å². The molecule has 0 bridgehead atoms. The summed E-state index contributed by atoms with van der Waals surface area (Å²) < 4.78 is 29.3. The average molecular weight is 416 g/mol. The Morgan fingerprint density at radius 2 is 1.54 bits per heavy atom. The van der Waals surface area contributed by atoms with Crippen molar-refractivity contribution in [1.29, 1.82) is 0 Å². The van der Waals surface area contributed by atoms with Gasteiger partial charge in [0.1, 0.15) is 12.1 Å². The molecule has 0 saturated carbocycles. The Balaban J connectivity index is 1.82. The Bertz CT molecular complexity index is 1100. The fourth-order valence-electron chi connectivity index (χ4n) is 4.40. The lowest BCUT2D eigenvalue weighted by Gasteiger charge is -2.30. The van der Waals surface area contributed by atoms with Crippen LogP contribution in [0.15, 0.2) is 65.6 Å². The fraction of sp³-hybridized carbons (Fsp3) is 0.273. The van der Waals surface area contributed by atoms with E-state index in [0.29, 0.717) is 5.02 Å². The van der Waals surface area contributed by atoms with Crippen molar-refractivity contribution < 1.29 is 13.3 Å². The Kier molecular flexibility index (Phi) is 5.19. The summed E-state index contributed by atoms with van der Waals surface area (Å²) in [6.45, 7) is 6.13. The number of quaternary nitrogens is 1. The lowest BCUT2D eigenvalue weighted by atomic mass is 10.0. The van der Waals surface area contributed by atoms with Gasteiger partial charge in [-0.15, -0.1) is 0 Å². The van der Waals surface area contributed by atoms with Crippen molar-refractivity contribution in [3.8, 4) is 0 Å². The summed E-state index contributed by atoms with van der Waals surface area (Å²) in [4.78, 5) is 1.58. The molecule has 2 N–H and O–H groups in total. The van der Waals surface area contributed by atoms with Gasteiger partial charge in [0.05, 0.1) is 18.0 Å². The molecule has 0 aromatic heterocycles. The van der Waals surface area contributed by atoms with Crippen LogP contribution in [-0.2, 0) is 10.0 Å². The minimum atomic E-state index is -3.68. The topological polar surface area (TPSA) is 50.6 Å². The highest BCUT2D eigenvalue weighted by Crippen LogP contribution is 2.43. The normalized spacial score (nSPS) is 18.9. The zero-order valence-electron chi connectivity index (χ0n) is 15.9. The summed E-state index contributed by atoms with van der Waals surface area (Å²) in [5.74, 6) is 0. The first kappa shape index (κ1) is 19.4. The third kappa shape index (κ3) is 3.22. The van der Waals surface area contributed by atoms with Crippen LogP contribution in [0.2, 0.25) is 5.02 Å². The van der Waals surface area contributed by atoms with Gasteiger partial charge in [0.25, 0.3) is 0 Å². The molecule has 3 aromatic carbocycles. The highest BCUT2D eigenvalue weighted by molar-refractivity contribution is 7.89. The predicted molar refractivity (Wildman–Crippen MR) is 113 cm³/mol. The Morgan fingerprint density at radius 3 is 2.14 bits per heavy atom. The van der Waals surface area contributed by atoms with Gasteiger partial charge in [-0.25, -0.2) is 8.42 Å². The van der Waals surface area contributed by atoms with Crippen LogP contribution in [0.4, 0.5) is 0 Å². The monoisotopic (exact) mass is 415 g/mol. The summed E-state index contributed by atoms with van der Waals surface area (Å²) in [6.07, 6.45) is 0. The molecule has 0 amide bonds. The third-order valence-corrected chi connectivity index (χ3v) is 7.44. The summed E-state index contributed by atoms with van der Waals surface area (Å²) in [5, 5.41) is 2.85. The first-order valence-electron chi connectivity index (χ1n) is 9.60. The Hall–Kier alpha value is -1.92. The molecule has 4 nitrogen and oxygen atoms in total. The lowest BCUT2D eigenvalue weighted by Crippen LogP contribution is -3.12. The summed E-state index contributed by atoms with van der Waals surface area (Å²) in [5.41, 5.74) is 2.27. The van der Waals surface area contributed by atoms with Crippen LogP contribution in [0.1, 0.15) is 37.1 Å². The number of rotatable bonds is 6. The van der Waals surface area contributed by atoms with Crippen molar-refractivity contribution in [2.45, 2.75) is 30.8 Å². The molecule has 146 valence electrons. The van der Waals surface area contributed by atoms with Gasteiger partial charge in [-0.1, -0.05) is 48.0 Å². The molecule has 0 saturated heterocycles. The molecular weight excluding hydrogens is 392 g/mol. The van der Waals surface area contributed by atoms with Gasteiger partial charge in [-0.05, 0) is 54.4 Å². The number of benzene rings is 3. The molecule has 0 aliphatic heterocycles. The number of hydrogen-bond acceptors (Lipinski definition) is 2. The van der Waals surface area contributed by atoms with Gasteiger partial charge < -0.3 is 4.90 Å². The molecule has 1 aliphatic carbocycles. The van der Waals surface area contributed by atoms with Crippen molar-refractivity contribution in [3.63, 3.8) is 0 Å². The second-order valence-electron chi connectivity index (χ2n) is 7.19. The largest absolute Gasteiger partial charge is 0.328 e. The minimum absolute atomic E-state index is 0.0400. The van der Waals surface area contributed by atoms with E-state index in [9.17, 15) is 8.42 Å². The molecule has 0 unspecified atom stereocenters. The third-order valence-electron chi connectivity index (χ3n) is 5.73. The van der Waals surface area contributed by atoms with Gasteiger partial charge in [0, 0.05) is 10.6 Å². The zero-order valence-corrected chi connectivity index (χ0v) is 17.5. The van der Waals surface area contributed by atoms with Crippen molar-refractivity contribution in [2.24, 2.45) is 0 Å². The quantitative estimate of drug-likeness (QED) is 0.647. The first-order valence-corrected chi connectivity index (χ1v) is 11.5. The van der Waals surface area contributed by atoms with Crippen molar-refractivity contribution >= 4 is 32.4 Å². The SMILES string of the molecule is CC[NH+](CC)[C@@H]1c2cccc3cccc(c23)[C@@H]1NS(=O)(=O)c1ccc(Cl)cc1. The number of halogens is 1. The molecule has 0 spiro atoms. The van der Waals surface area contributed by atoms with Crippen molar-refractivity contribution in [3.05, 3.63) is 76.8 Å². The van der Waals surface area contributed by atoms with E-state index in [1.807, 2.05) is 12.1 Å². The molecular formula is C22H24ClN2O2S+. The standard InChI is InChI=1S/C22H23ClN2O2S/c1-3-25(4-2)22-19-10-6-8-15-7-5-9-18(20(15)19)21(22)24-28(26,27)17-13-11-16(23)12-14-17/h5-14,21-22,24H,3-4H2,1-2H3/p+1/t21-,22+/m0/s1. The predicted octanol–water partition coefficient (Wildman–Crippen LogP) is 3.49. The summed E-state index contributed by atoms with van der Waals surface area (Å²) in [6, 6.07) is 18.5. The summed E-state index contributed by atoms with van der Waals surface area (Å²) >= 11 is 5.93. The number of hydrogen-bond donors (Lipinski definition) is 2. The van der Waals surface area contributed by atoms with E-state index < -0.39 is 10.0 Å². The van der Waals surface area contributed by atoms with E-state index in [1.54, 1.807) is 24.3 Å². The molecule has 4 rings (SSSR count). The molecule has 0 heterocycles. The minimum Gasteiger partial charge on any atom is -0.328 e. The number of likely N-dealkylation sites (N-methyl/N-ethyl adjacent to an activating group) is 1. The van der Waals surface area contributed by atoms with Crippen LogP contribution in [0.5, 0.6) is 0 Å². The smallest absolute Gasteiger partial charge is 0.241 e. The maximum absolute atomic E-state index is 13.2. The van der Waals surface area contributed by atoms with E-state index >= 15 is 0 Å². The van der Waals surface area contributed by atoms with Gasteiger partial charge in [-0.2, -0.15) is 4.72 Å². The second kappa shape index (κ2) is 7.48. The molecule has 28 heavy (non-hydrogen) atoms. The van der Waals surface area contributed by atoms with Gasteiger partial charge >= 0.3 is 0 Å². The molecule has 1 aliphatic rings. The zero-order chi connectivity index (χ0) is 19.9. The van der Waals surface area contributed by atoms with Gasteiger partial charge in [0.15, 0.2) is 0 Å².